The molecule has 16 heteroatoms. The molecule has 60 heavy (non-hydrogen) atoms. The minimum atomic E-state index is -0.610. The number of pyridine rings is 1. The Morgan fingerprint density at radius 1 is 0.717 bits per heavy atom. The SMILES string of the molecule is CC(C)Oc1ccc(-c2nc(-c3ccc4[nH]c(CCC(=O)OC(=O)CCc5cc6cc(-c7noc(-c8cnc(OC(C)C)c(Cl)c8)n7)ccc6[nH]5)cc4c3)no2)cc1C#N. The monoisotopic (exact) mass is 824 g/mol. The van der Waals surface area contributed by atoms with Crippen molar-refractivity contribution < 1.29 is 32.8 Å². The Labute approximate surface area is 347 Å². The molecule has 2 N–H and O–H groups in total. The first-order valence-electron chi connectivity index (χ1n) is 19.2. The molecular formula is C44H37ClN8O7. The lowest BCUT2D eigenvalue weighted by molar-refractivity contribution is -0.159. The van der Waals surface area contributed by atoms with Crippen LogP contribution in [0.3, 0.4) is 0 Å². The van der Waals surface area contributed by atoms with Gasteiger partial charge in [0.05, 0.1) is 36.2 Å². The number of nitrogens with zero attached hydrogens (tertiary/aromatic N) is 6. The predicted octanol–water partition coefficient (Wildman–Crippen LogP) is 9.21. The fourth-order valence-corrected chi connectivity index (χ4v) is 6.72. The number of aromatic nitrogens is 7. The highest BCUT2D eigenvalue weighted by atomic mass is 35.5. The molecule has 0 saturated carbocycles. The van der Waals surface area contributed by atoms with Crippen LogP contribution in [0.1, 0.15) is 57.5 Å². The molecule has 0 saturated heterocycles. The van der Waals surface area contributed by atoms with Gasteiger partial charge in [0.2, 0.25) is 17.5 Å². The van der Waals surface area contributed by atoms with Crippen LogP contribution in [0.2, 0.25) is 5.02 Å². The van der Waals surface area contributed by atoms with E-state index in [4.69, 9.17) is 34.9 Å². The Hall–Kier alpha value is -7.31. The number of hydrogen-bond acceptors (Lipinski definition) is 13. The molecule has 0 radical (unpaired) electrons. The van der Waals surface area contributed by atoms with Gasteiger partial charge in [-0.2, -0.15) is 15.2 Å². The molecule has 15 nitrogen and oxygen atoms in total. The van der Waals surface area contributed by atoms with Crippen molar-refractivity contribution in [3.8, 4) is 63.4 Å². The summed E-state index contributed by atoms with van der Waals surface area (Å²) in [5.41, 5.74) is 6.31. The van der Waals surface area contributed by atoms with Gasteiger partial charge in [-0.3, -0.25) is 9.59 Å². The van der Waals surface area contributed by atoms with Crippen LogP contribution < -0.4 is 9.47 Å². The maximum absolute atomic E-state index is 12.6. The predicted molar refractivity (Wildman–Crippen MR) is 221 cm³/mol. The van der Waals surface area contributed by atoms with Gasteiger partial charge in [-0.15, -0.1) is 0 Å². The molecular weight excluding hydrogens is 788 g/mol. The van der Waals surface area contributed by atoms with Crippen LogP contribution in [-0.4, -0.2) is 59.4 Å². The second-order valence-corrected chi connectivity index (χ2v) is 15.0. The Morgan fingerprint density at radius 2 is 1.27 bits per heavy atom. The molecule has 8 rings (SSSR count). The van der Waals surface area contributed by atoms with Crippen molar-refractivity contribution in [3.05, 3.63) is 101 Å². The van der Waals surface area contributed by atoms with Crippen molar-refractivity contribution in [1.29, 1.82) is 5.26 Å². The van der Waals surface area contributed by atoms with Gasteiger partial charge in [0.1, 0.15) is 16.8 Å². The summed E-state index contributed by atoms with van der Waals surface area (Å²) in [4.78, 5) is 45.2. The van der Waals surface area contributed by atoms with E-state index in [1.165, 1.54) is 0 Å². The molecule has 0 aliphatic carbocycles. The number of aromatic amines is 2. The van der Waals surface area contributed by atoms with E-state index in [2.05, 4.69) is 41.3 Å². The molecule has 0 spiro atoms. The van der Waals surface area contributed by atoms with E-state index in [-0.39, 0.29) is 36.8 Å². The molecule has 0 fully saturated rings. The summed E-state index contributed by atoms with van der Waals surface area (Å²) in [6, 6.07) is 24.2. The lowest BCUT2D eigenvalue weighted by Gasteiger charge is -2.11. The number of fused-ring (bicyclic) bond motifs is 2. The maximum atomic E-state index is 12.6. The third-order valence-corrected chi connectivity index (χ3v) is 9.53. The normalized spacial score (nSPS) is 11.4. The van der Waals surface area contributed by atoms with Crippen molar-refractivity contribution in [1.82, 2.24) is 35.2 Å². The summed E-state index contributed by atoms with van der Waals surface area (Å²) in [6.07, 6.45) is 2.14. The Balaban J connectivity index is 0.832. The maximum Gasteiger partial charge on any atom is 0.313 e. The number of esters is 2. The molecule has 5 aromatic heterocycles. The van der Waals surface area contributed by atoms with Crippen LogP contribution in [0.25, 0.3) is 67.5 Å². The molecule has 0 aliphatic rings. The highest BCUT2D eigenvalue weighted by Gasteiger charge is 2.18. The average Bonchev–Trinajstić information content (AvgIpc) is 4.05. The van der Waals surface area contributed by atoms with Gasteiger partial charge in [0.25, 0.3) is 11.8 Å². The van der Waals surface area contributed by atoms with Gasteiger partial charge >= 0.3 is 11.9 Å². The molecule has 3 aromatic carbocycles. The van der Waals surface area contributed by atoms with Crippen molar-refractivity contribution in [2.45, 2.75) is 65.6 Å². The fraction of sp³-hybridized carbons (Fsp3) is 0.227. The van der Waals surface area contributed by atoms with Crippen LogP contribution >= 0.6 is 11.6 Å². The smallest absolute Gasteiger partial charge is 0.313 e. The van der Waals surface area contributed by atoms with Crippen LogP contribution in [-0.2, 0) is 27.2 Å². The lowest BCUT2D eigenvalue weighted by Crippen LogP contribution is -2.13. The lowest BCUT2D eigenvalue weighted by atomic mass is 10.1. The number of benzene rings is 3. The largest absolute Gasteiger partial charge is 0.490 e. The number of ether oxygens (including phenoxy) is 3. The number of halogens is 1. The van der Waals surface area contributed by atoms with E-state index in [1.807, 2.05) is 76.2 Å². The number of H-pyrrole nitrogens is 2. The van der Waals surface area contributed by atoms with Gasteiger partial charge in [0, 0.05) is 56.1 Å². The summed E-state index contributed by atoms with van der Waals surface area (Å²) in [7, 11) is 0. The molecule has 0 aliphatic heterocycles. The first kappa shape index (κ1) is 39.5. The number of hydrogen-bond donors (Lipinski definition) is 2. The van der Waals surface area contributed by atoms with Crippen LogP contribution in [0.15, 0.2) is 88.0 Å². The van der Waals surface area contributed by atoms with E-state index in [9.17, 15) is 14.9 Å². The van der Waals surface area contributed by atoms with E-state index < -0.39 is 11.9 Å². The molecule has 0 bridgehead atoms. The minimum Gasteiger partial charge on any atom is -0.490 e. The summed E-state index contributed by atoms with van der Waals surface area (Å²) in [5.74, 6) is 0.901. The average molecular weight is 825 g/mol. The molecule has 8 aromatic rings. The number of rotatable bonds is 14. The first-order valence-corrected chi connectivity index (χ1v) is 19.5. The van der Waals surface area contributed by atoms with Gasteiger partial charge in [-0.25, -0.2) is 4.98 Å². The number of nitrogens with one attached hydrogen (secondary N) is 2. The molecule has 5 heterocycles. The summed E-state index contributed by atoms with van der Waals surface area (Å²) in [6.45, 7) is 7.56. The molecule has 0 atom stereocenters. The van der Waals surface area contributed by atoms with E-state index in [1.54, 1.807) is 30.5 Å². The standard InChI is InChI=1S/C44H37ClN8O7/c1-23(2)56-37-12-7-27(17-30(37)21-46)42-50-40(52-59-42)25-5-10-35-28(15-25)18-32(48-35)8-13-38(54)58-39(55)14-9-33-19-29-16-26(6-11-36(29)49-33)41-51-43(60-53-41)31-20-34(45)44(47-22-31)57-24(3)4/h5-7,10-12,15-20,22-24,48-49H,8-9,13-14H2,1-4H3. The quantitative estimate of drug-likeness (QED) is 0.0775. The van der Waals surface area contributed by atoms with E-state index in [0.717, 1.165) is 44.3 Å². The zero-order valence-electron chi connectivity index (χ0n) is 32.9. The second-order valence-electron chi connectivity index (χ2n) is 14.6. The number of nitriles is 1. The van der Waals surface area contributed by atoms with Gasteiger partial charge in [0.15, 0.2) is 0 Å². The van der Waals surface area contributed by atoms with Gasteiger partial charge in [-0.1, -0.05) is 21.9 Å². The van der Waals surface area contributed by atoms with E-state index in [0.29, 0.717) is 57.8 Å². The summed E-state index contributed by atoms with van der Waals surface area (Å²) in [5, 5.41) is 20.0. The van der Waals surface area contributed by atoms with Crippen LogP contribution in [0.4, 0.5) is 0 Å². The zero-order chi connectivity index (χ0) is 41.9. The number of carbonyl (C=O) groups is 2. The van der Waals surface area contributed by atoms with Crippen LogP contribution in [0.5, 0.6) is 11.6 Å². The van der Waals surface area contributed by atoms with Crippen molar-refractivity contribution in [2.24, 2.45) is 0 Å². The highest BCUT2D eigenvalue weighted by molar-refractivity contribution is 6.32. The topological polar surface area (TPSA) is 208 Å². The van der Waals surface area contributed by atoms with E-state index >= 15 is 0 Å². The fourth-order valence-electron chi connectivity index (χ4n) is 6.51. The zero-order valence-corrected chi connectivity index (χ0v) is 33.7. The third kappa shape index (κ3) is 8.88. The Morgan fingerprint density at radius 3 is 1.80 bits per heavy atom. The summed E-state index contributed by atoms with van der Waals surface area (Å²) < 4.78 is 27.5. The summed E-state index contributed by atoms with van der Waals surface area (Å²) >= 11 is 6.34. The molecule has 0 unspecified atom stereocenters. The first-order chi connectivity index (χ1) is 29.0. The highest BCUT2D eigenvalue weighted by Crippen LogP contribution is 2.32. The third-order valence-electron chi connectivity index (χ3n) is 9.26. The minimum absolute atomic E-state index is 0.0136. The van der Waals surface area contributed by atoms with Crippen molar-refractivity contribution >= 4 is 45.3 Å². The van der Waals surface area contributed by atoms with Crippen LogP contribution in [0, 0.1) is 11.3 Å². The Kier molecular flexibility index (Phi) is 11.1. The van der Waals surface area contributed by atoms with Gasteiger partial charge in [-0.05, 0) is 113 Å². The van der Waals surface area contributed by atoms with Crippen molar-refractivity contribution in [3.63, 3.8) is 0 Å². The second kappa shape index (κ2) is 16.9. The van der Waals surface area contributed by atoms with Crippen molar-refractivity contribution in [2.75, 3.05) is 0 Å². The number of carbonyl (C=O) groups excluding carboxylic acids is 2. The Bertz CT molecular complexity index is 2920. The molecule has 0 amide bonds. The number of aryl methyl sites for hydroxylation is 2. The van der Waals surface area contributed by atoms with Gasteiger partial charge < -0.3 is 33.2 Å². The molecule has 302 valence electrons.